The molecule has 0 saturated carbocycles. The highest BCUT2D eigenvalue weighted by Crippen LogP contribution is 2.60. The molecule has 1 saturated heterocycles. The lowest BCUT2D eigenvalue weighted by atomic mass is 9.83. The highest BCUT2D eigenvalue weighted by Gasteiger charge is 2.49. The molecule has 0 amide bonds. The fraction of sp³-hybridized carbons (Fsp3) is 0.391. The van der Waals surface area contributed by atoms with Crippen LogP contribution in [0.2, 0.25) is 0 Å². The number of phenolic OH excluding ortho intramolecular Hbond substituents is 1. The molecule has 6 nitrogen and oxygen atoms in total. The zero-order valence-electron chi connectivity index (χ0n) is 17.7. The molecule has 8 heteroatoms. The summed E-state index contributed by atoms with van der Waals surface area (Å²) in [5, 5.41) is 11.4. The molecule has 0 bridgehead atoms. The molecule has 4 rings (SSSR count). The van der Waals surface area contributed by atoms with Gasteiger partial charge in [0.2, 0.25) is 0 Å². The molecule has 3 N–H and O–H groups in total. The van der Waals surface area contributed by atoms with Crippen molar-refractivity contribution in [1.29, 1.82) is 0 Å². The van der Waals surface area contributed by atoms with Crippen molar-refractivity contribution in [1.82, 2.24) is 4.90 Å². The molecular formula is C23H29FN2O4S. The van der Waals surface area contributed by atoms with E-state index < -0.39 is 22.1 Å². The van der Waals surface area contributed by atoms with E-state index in [0.717, 1.165) is 12.1 Å². The van der Waals surface area contributed by atoms with E-state index in [0.29, 0.717) is 37.4 Å². The van der Waals surface area contributed by atoms with Crippen molar-refractivity contribution >= 4 is 16.5 Å². The number of rotatable bonds is 5. The average Bonchev–Trinajstić information content (AvgIpc) is 2.97. The molecule has 2 heterocycles. The zero-order valence-corrected chi connectivity index (χ0v) is 18.6. The van der Waals surface area contributed by atoms with Crippen LogP contribution in [0.5, 0.6) is 11.5 Å². The molecule has 168 valence electrons. The number of hydrogen-bond donors (Lipinski definition) is 3. The van der Waals surface area contributed by atoms with Crippen molar-refractivity contribution in [3.8, 4) is 11.5 Å². The van der Waals surface area contributed by atoms with Gasteiger partial charge in [0.1, 0.15) is 5.82 Å². The summed E-state index contributed by atoms with van der Waals surface area (Å²) < 4.78 is 42.4. The van der Waals surface area contributed by atoms with Crippen LogP contribution in [0, 0.1) is 5.82 Å². The maximum Gasteiger partial charge on any atom is 0.161 e. The molecule has 31 heavy (non-hydrogen) atoms. The van der Waals surface area contributed by atoms with Gasteiger partial charge < -0.3 is 9.84 Å². The van der Waals surface area contributed by atoms with Crippen LogP contribution in [0.3, 0.4) is 0 Å². The van der Waals surface area contributed by atoms with Crippen LogP contribution in [0.4, 0.5) is 10.1 Å². The zero-order chi connectivity index (χ0) is 22.2. The van der Waals surface area contributed by atoms with Crippen molar-refractivity contribution in [3.05, 3.63) is 65.3 Å². The lowest BCUT2D eigenvalue weighted by Crippen LogP contribution is -2.55. The summed E-state index contributed by atoms with van der Waals surface area (Å²) in [5.74, 6) is 0.201. The van der Waals surface area contributed by atoms with Gasteiger partial charge in [-0.05, 0) is 68.7 Å². The Morgan fingerprint density at radius 1 is 1.23 bits per heavy atom. The van der Waals surface area contributed by atoms with Crippen LogP contribution >= 0.6 is 10.8 Å². The number of benzene rings is 2. The van der Waals surface area contributed by atoms with Gasteiger partial charge in [0.05, 0.1) is 17.8 Å². The van der Waals surface area contributed by atoms with Crippen LogP contribution in [0.15, 0.2) is 53.9 Å². The van der Waals surface area contributed by atoms with Crippen LogP contribution in [-0.2, 0) is 6.54 Å². The molecule has 1 fully saturated rings. The molecule has 0 radical (unpaired) electrons. The molecule has 0 aliphatic carbocycles. The van der Waals surface area contributed by atoms with Gasteiger partial charge >= 0.3 is 0 Å². The second-order valence-corrected chi connectivity index (χ2v) is 10.0. The topological polar surface area (TPSA) is 76.4 Å². The Morgan fingerprint density at radius 2 is 2.03 bits per heavy atom. The summed E-state index contributed by atoms with van der Waals surface area (Å²) in [5.41, 5.74) is 0.941. The average molecular weight is 449 g/mol. The highest BCUT2D eigenvalue weighted by molar-refractivity contribution is 8.28. The van der Waals surface area contributed by atoms with Gasteiger partial charge in [0.15, 0.2) is 11.5 Å². The fourth-order valence-electron chi connectivity index (χ4n) is 4.66. The third kappa shape index (κ3) is 4.25. The number of anilines is 1. The Morgan fingerprint density at radius 3 is 2.74 bits per heavy atom. The molecule has 2 atom stereocenters. The number of likely N-dealkylation sites (tertiary alicyclic amines) is 1. The Hall–Kier alpha value is -2.26. The van der Waals surface area contributed by atoms with Crippen molar-refractivity contribution in [2.24, 2.45) is 0 Å². The maximum atomic E-state index is 13.9. The minimum Gasteiger partial charge on any atom is -0.504 e. The minimum atomic E-state index is -3.16. The van der Waals surface area contributed by atoms with E-state index in [-0.39, 0.29) is 11.8 Å². The molecule has 0 aromatic heterocycles. The van der Waals surface area contributed by atoms with Gasteiger partial charge in [-0.1, -0.05) is 22.9 Å². The van der Waals surface area contributed by atoms with Crippen molar-refractivity contribution in [3.63, 3.8) is 0 Å². The predicted octanol–water partition coefficient (Wildman–Crippen LogP) is 5.35. The van der Waals surface area contributed by atoms with Crippen molar-refractivity contribution in [2.75, 3.05) is 17.5 Å². The Labute approximate surface area is 184 Å². The van der Waals surface area contributed by atoms with Gasteiger partial charge in [-0.3, -0.25) is 18.3 Å². The Kier molecular flexibility index (Phi) is 5.91. The normalized spacial score (nSPS) is 26.4. The predicted molar refractivity (Wildman–Crippen MR) is 122 cm³/mol. The summed E-state index contributed by atoms with van der Waals surface area (Å²) in [7, 11) is -3.16. The molecule has 2 aromatic rings. The van der Waals surface area contributed by atoms with Gasteiger partial charge in [0, 0.05) is 24.5 Å². The largest absolute Gasteiger partial charge is 0.504 e. The van der Waals surface area contributed by atoms with Crippen LogP contribution in [0.1, 0.15) is 32.3 Å². The first-order chi connectivity index (χ1) is 14.7. The second kappa shape index (κ2) is 8.35. The monoisotopic (exact) mass is 448 g/mol. The van der Waals surface area contributed by atoms with Crippen molar-refractivity contribution < 1.29 is 23.3 Å². The smallest absolute Gasteiger partial charge is 0.161 e. The number of phenols is 1. The first kappa shape index (κ1) is 22.0. The highest BCUT2D eigenvalue weighted by atomic mass is 32.3. The molecule has 2 aromatic carbocycles. The van der Waals surface area contributed by atoms with E-state index >= 15 is 0 Å². The van der Waals surface area contributed by atoms with E-state index in [4.69, 9.17) is 4.74 Å². The fourth-order valence-corrected chi connectivity index (χ4v) is 6.41. The van der Waals surface area contributed by atoms with E-state index in [1.807, 2.05) is 25.1 Å². The number of piperidine rings is 1. The van der Waals surface area contributed by atoms with Crippen LogP contribution < -0.4 is 9.04 Å². The SMILES string of the molecule is CCOc1cc(CN2CC[C@]3(C=CS(O)(O)N3c3cccc(F)c3)C[C@@H]2C)ccc1O. The third-order valence-corrected chi connectivity index (χ3v) is 7.70. The molecule has 0 unspecified atom stereocenters. The van der Waals surface area contributed by atoms with Crippen LogP contribution in [0.25, 0.3) is 0 Å². The number of ether oxygens (including phenoxy) is 1. The van der Waals surface area contributed by atoms with Crippen LogP contribution in [-0.4, -0.2) is 43.8 Å². The third-order valence-electron chi connectivity index (χ3n) is 6.09. The lowest BCUT2D eigenvalue weighted by Gasteiger charge is -2.52. The summed E-state index contributed by atoms with van der Waals surface area (Å²) >= 11 is 0. The number of halogens is 1. The number of hydrogen-bond acceptors (Lipinski definition) is 6. The Balaban J connectivity index is 1.54. The summed E-state index contributed by atoms with van der Waals surface area (Å²) in [6, 6.07) is 11.6. The molecule has 1 spiro atoms. The van der Waals surface area contributed by atoms with Gasteiger partial charge in [0.25, 0.3) is 0 Å². The van der Waals surface area contributed by atoms with E-state index in [9.17, 15) is 18.6 Å². The minimum absolute atomic E-state index is 0.128. The van der Waals surface area contributed by atoms with Crippen molar-refractivity contribution in [2.45, 2.75) is 44.8 Å². The Bertz CT molecular complexity index is 986. The number of nitrogens with zero attached hydrogens (tertiary/aromatic N) is 2. The van der Waals surface area contributed by atoms with E-state index in [2.05, 4.69) is 11.8 Å². The van der Waals surface area contributed by atoms with E-state index in [1.54, 1.807) is 22.5 Å². The summed E-state index contributed by atoms with van der Waals surface area (Å²) in [4.78, 5) is 2.33. The second-order valence-electron chi connectivity index (χ2n) is 8.25. The quantitative estimate of drug-likeness (QED) is 0.572. The molecular weight excluding hydrogens is 419 g/mol. The maximum absolute atomic E-state index is 13.9. The summed E-state index contributed by atoms with van der Waals surface area (Å²) in [6.45, 7) is 5.90. The lowest BCUT2D eigenvalue weighted by molar-refractivity contribution is 0.119. The molecule has 2 aliphatic rings. The van der Waals surface area contributed by atoms with E-state index in [1.165, 1.54) is 17.5 Å². The molecule has 2 aliphatic heterocycles. The standard InChI is InChI=1S/C23H29FN2O4S/c1-3-30-22-13-18(7-8-21(22)27)16-25-11-9-23(15-17(25)2)10-12-31(28,29)26(23)20-6-4-5-19(24)14-20/h4-8,10,12-14,17,27-29H,3,9,11,15-16H2,1-2H3/t17-,23-/m0/s1. The first-order valence-electron chi connectivity index (χ1n) is 10.5. The van der Waals surface area contributed by atoms with Gasteiger partial charge in [-0.25, -0.2) is 4.39 Å². The first-order valence-corrected chi connectivity index (χ1v) is 12.0. The van der Waals surface area contributed by atoms with Gasteiger partial charge in [-0.15, -0.1) is 0 Å². The number of aromatic hydroxyl groups is 1. The summed E-state index contributed by atoms with van der Waals surface area (Å²) in [6.07, 6.45) is 3.23. The van der Waals surface area contributed by atoms with Gasteiger partial charge in [-0.2, -0.15) is 0 Å².